The molecular formula is C21H36O5S2. The van der Waals surface area contributed by atoms with Crippen molar-refractivity contribution in [1.82, 2.24) is 0 Å². The maximum Gasteiger partial charge on any atom is 0.316 e. The molecule has 1 aliphatic rings. The number of esters is 1. The van der Waals surface area contributed by atoms with Gasteiger partial charge in [-0.3, -0.25) is 9.59 Å². The second-order valence-corrected chi connectivity index (χ2v) is 9.84. The van der Waals surface area contributed by atoms with Gasteiger partial charge < -0.3 is 14.9 Å². The molecule has 0 heterocycles. The average Bonchev–Trinajstić information content (AvgIpc) is 2.88. The molecule has 1 aliphatic carbocycles. The van der Waals surface area contributed by atoms with Gasteiger partial charge in [-0.05, 0) is 57.5 Å². The fraction of sp³-hybridized carbons (Fsp3) is 0.810. The molecule has 0 aromatic rings. The molecule has 162 valence electrons. The minimum absolute atomic E-state index is 0.0732. The van der Waals surface area contributed by atoms with E-state index in [-0.39, 0.29) is 35.4 Å². The van der Waals surface area contributed by atoms with Crippen LogP contribution in [0.15, 0.2) is 12.2 Å². The van der Waals surface area contributed by atoms with E-state index in [1.807, 2.05) is 26.0 Å². The van der Waals surface area contributed by atoms with Gasteiger partial charge in [0, 0.05) is 12.3 Å². The first-order chi connectivity index (χ1) is 13.3. The average molecular weight is 433 g/mol. The van der Waals surface area contributed by atoms with Crippen molar-refractivity contribution < 1.29 is 24.5 Å². The zero-order valence-electron chi connectivity index (χ0n) is 17.3. The van der Waals surface area contributed by atoms with Gasteiger partial charge in [-0.2, -0.15) is 23.5 Å². The Labute approximate surface area is 178 Å². The summed E-state index contributed by atoms with van der Waals surface area (Å²) in [4.78, 5) is 23.7. The largest absolute Gasteiger partial charge is 0.462 e. The van der Waals surface area contributed by atoms with E-state index < -0.39 is 12.2 Å². The molecule has 0 spiro atoms. The molecule has 7 heteroatoms. The summed E-state index contributed by atoms with van der Waals surface area (Å²) >= 11 is 3.16. The van der Waals surface area contributed by atoms with Gasteiger partial charge in [-0.1, -0.05) is 19.1 Å². The molecule has 0 unspecified atom stereocenters. The van der Waals surface area contributed by atoms with Crippen LogP contribution in [0.4, 0.5) is 0 Å². The van der Waals surface area contributed by atoms with Crippen LogP contribution in [0.2, 0.25) is 0 Å². The fourth-order valence-electron chi connectivity index (χ4n) is 3.22. The molecule has 4 atom stereocenters. The van der Waals surface area contributed by atoms with Crippen molar-refractivity contribution in [3.8, 4) is 0 Å². The highest BCUT2D eigenvalue weighted by atomic mass is 32.2. The van der Waals surface area contributed by atoms with Crippen LogP contribution in [0.5, 0.6) is 0 Å². The summed E-state index contributed by atoms with van der Waals surface area (Å²) in [5, 5.41) is 20.2. The van der Waals surface area contributed by atoms with Gasteiger partial charge in [0.25, 0.3) is 0 Å². The monoisotopic (exact) mass is 432 g/mol. The first kappa shape index (κ1) is 25.5. The number of hydrogen-bond donors (Lipinski definition) is 2. The summed E-state index contributed by atoms with van der Waals surface area (Å²) < 4.78 is 5.09. The Morgan fingerprint density at radius 3 is 2.75 bits per heavy atom. The van der Waals surface area contributed by atoms with Crippen molar-refractivity contribution in [3.63, 3.8) is 0 Å². The summed E-state index contributed by atoms with van der Waals surface area (Å²) in [6.07, 6.45) is 6.92. The van der Waals surface area contributed by atoms with Gasteiger partial charge in [0.05, 0.1) is 29.3 Å². The van der Waals surface area contributed by atoms with Crippen molar-refractivity contribution >= 4 is 35.3 Å². The molecule has 0 radical (unpaired) electrons. The Kier molecular flexibility index (Phi) is 13.2. The van der Waals surface area contributed by atoms with Crippen molar-refractivity contribution in [2.75, 3.05) is 17.3 Å². The molecule has 0 amide bonds. The quantitative estimate of drug-likeness (QED) is 0.246. The second-order valence-electron chi connectivity index (χ2n) is 7.48. The molecule has 0 bridgehead atoms. The highest BCUT2D eigenvalue weighted by Crippen LogP contribution is 2.36. The summed E-state index contributed by atoms with van der Waals surface area (Å²) in [6, 6.07) is 0. The minimum atomic E-state index is -0.594. The zero-order chi connectivity index (χ0) is 20.9. The lowest BCUT2D eigenvalue weighted by atomic mass is 9.96. The third-order valence-corrected chi connectivity index (χ3v) is 7.09. The zero-order valence-corrected chi connectivity index (χ0v) is 19.0. The predicted molar refractivity (Wildman–Crippen MR) is 118 cm³/mol. The van der Waals surface area contributed by atoms with Crippen LogP contribution in [0.3, 0.4) is 0 Å². The second kappa shape index (κ2) is 14.5. The predicted octanol–water partition coefficient (Wildman–Crippen LogP) is 3.61. The topological polar surface area (TPSA) is 83.8 Å². The van der Waals surface area contributed by atoms with E-state index in [4.69, 9.17) is 4.74 Å². The number of ketones is 1. The van der Waals surface area contributed by atoms with Crippen LogP contribution in [-0.2, 0) is 14.3 Å². The molecule has 1 saturated carbocycles. The summed E-state index contributed by atoms with van der Waals surface area (Å²) in [5.74, 6) is 1.89. The number of aliphatic hydroxyl groups excluding tert-OH is 2. The Morgan fingerprint density at radius 1 is 1.32 bits per heavy atom. The van der Waals surface area contributed by atoms with Gasteiger partial charge in [0.1, 0.15) is 5.78 Å². The standard InChI is InChI=1S/C21H36O5S2/c1-4-5-6-8-16(22)9-10-17-18(23)13-19(24)21(17)28-12-7-11-27-14-20(25)26-15(2)3/h5-6,15-18,21-23H,4,7-14H2,1-3H3/t16-,17+,18-,21-/m1/s1. The maximum absolute atomic E-state index is 12.2. The SMILES string of the molecule is CCC=CC[C@@H](O)CC[C@H]1[C@H](O)CC(=O)[C@@H]1SCCCSCC(=O)OC(C)C. The Balaban J connectivity index is 2.28. The lowest BCUT2D eigenvalue weighted by molar-refractivity contribution is -0.144. The van der Waals surface area contributed by atoms with Crippen LogP contribution in [0, 0.1) is 5.92 Å². The molecule has 0 aromatic carbocycles. The first-order valence-corrected chi connectivity index (χ1v) is 12.5. The molecule has 0 aromatic heterocycles. The van der Waals surface area contributed by atoms with E-state index in [9.17, 15) is 19.8 Å². The molecule has 5 nitrogen and oxygen atoms in total. The van der Waals surface area contributed by atoms with Gasteiger partial charge >= 0.3 is 5.97 Å². The number of hydrogen-bond acceptors (Lipinski definition) is 7. The number of thioether (sulfide) groups is 2. The third-order valence-electron chi connectivity index (χ3n) is 4.57. The smallest absolute Gasteiger partial charge is 0.316 e. The van der Waals surface area contributed by atoms with Crippen molar-refractivity contribution in [1.29, 1.82) is 0 Å². The van der Waals surface area contributed by atoms with Gasteiger partial charge in [0.2, 0.25) is 0 Å². The summed E-state index contributed by atoms with van der Waals surface area (Å²) in [5.41, 5.74) is 0. The highest BCUT2D eigenvalue weighted by Gasteiger charge is 2.41. The van der Waals surface area contributed by atoms with Crippen LogP contribution < -0.4 is 0 Å². The number of carbonyl (C=O) groups excluding carboxylic acids is 2. The number of rotatable bonds is 14. The van der Waals surface area contributed by atoms with Crippen LogP contribution in [-0.4, -0.2) is 62.8 Å². The third kappa shape index (κ3) is 10.3. The summed E-state index contributed by atoms with van der Waals surface area (Å²) in [6.45, 7) is 5.73. The number of carbonyl (C=O) groups is 2. The van der Waals surface area contributed by atoms with E-state index in [1.54, 1.807) is 23.5 Å². The van der Waals surface area contributed by atoms with Crippen molar-refractivity contribution in [3.05, 3.63) is 12.2 Å². The van der Waals surface area contributed by atoms with Gasteiger partial charge in [0.15, 0.2) is 0 Å². The molecular weight excluding hydrogens is 396 g/mol. The molecule has 0 aliphatic heterocycles. The van der Waals surface area contributed by atoms with E-state index in [2.05, 4.69) is 6.92 Å². The Morgan fingerprint density at radius 2 is 2.07 bits per heavy atom. The van der Waals surface area contributed by atoms with Crippen molar-refractivity contribution in [2.45, 2.75) is 82.9 Å². The normalized spacial score (nSPS) is 23.6. The molecule has 2 N–H and O–H groups in total. The van der Waals surface area contributed by atoms with Crippen molar-refractivity contribution in [2.24, 2.45) is 5.92 Å². The molecule has 1 rings (SSSR count). The van der Waals surface area contributed by atoms with Crippen LogP contribution in [0.25, 0.3) is 0 Å². The number of allylic oxidation sites excluding steroid dienone is 1. The summed E-state index contributed by atoms with van der Waals surface area (Å²) in [7, 11) is 0. The van der Waals surface area contributed by atoms with Gasteiger partial charge in [-0.25, -0.2) is 0 Å². The minimum Gasteiger partial charge on any atom is -0.462 e. The lowest BCUT2D eigenvalue weighted by Crippen LogP contribution is -2.25. The Hall–Kier alpha value is -0.500. The van der Waals surface area contributed by atoms with Crippen LogP contribution in [0.1, 0.15) is 59.3 Å². The van der Waals surface area contributed by atoms with Gasteiger partial charge in [-0.15, -0.1) is 0 Å². The van der Waals surface area contributed by atoms with E-state index in [1.165, 1.54) is 0 Å². The van der Waals surface area contributed by atoms with Crippen LogP contribution >= 0.6 is 23.5 Å². The molecule has 1 fully saturated rings. The lowest BCUT2D eigenvalue weighted by Gasteiger charge is -2.21. The number of Topliss-reactive ketones (excluding diaryl/α,β-unsaturated/α-hetero) is 1. The molecule has 28 heavy (non-hydrogen) atoms. The number of ether oxygens (including phenoxy) is 1. The Bertz CT molecular complexity index is 495. The highest BCUT2D eigenvalue weighted by molar-refractivity contribution is 8.01. The van der Waals surface area contributed by atoms with E-state index in [0.29, 0.717) is 25.0 Å². The van der Waals surface area contributed by atoms with E-state index in [0.717, 1.165) is 24.3 Å². The fourth-order valence-corrected chi connectivity index (χ4v) is 5.54. The first-order valence-electron chi connectivity index (χ1n) is 10.3. The number of aliphatic hydroxyl groups is 2. The molecule has 0 saturated heterocycles. The maximum atomic E-state index is 12.2. The van der Waals surface area contributed by atoms with E-state index >= 15 is 0 Å².